The number of amides is 1. The Kier molecular flexibility index (Phi) is 6.62. The molecule has 1 amide bonds. The lowest BCUT2D eigenvalue weighted by atomic mass is 10.1. The van der Waals surface area contributed by atoms with E-state index >= 15 is 0 Å². The van der Waals surface area contributed by atoms with Crippen molar-refractivity contribution in [3.8, 4) is 5.75 Å². The summed E-state index contributed by atoms with van der Waals surface area (Å²) < 4.78 is 5.77. The molecule has 0 bridgehead atoms. The predicted octanol–water partition coefficient (Wildman–Crippen LogP) is 3.86. The van der Waals surface area contributed by atoms with Gasteiger partial charge in [-0.05, 0) is 45.2 Å². The van der Waals surface area contributed by atoms with Crippen LogP contribution in [0.1, 0.15) is 43.7 Å². The molecule has 0 radical (unpaired) electrons. The van der Waals surface area contributed by atoms with Gasteiger partial charge in [0.1, 0.15) is 5.75 Å². The Labute approximate surface area is 138 Å². The maximum absolute atomic E-state index is 12.1. The monoisotopic (exact) mass is 321 g/mol. The largest absolute Gasteiger partial charge is 0.481 e. The van der Waals surface area contributed by atoms with Gasteiger partial charge in [-0.1, -0.05) is 30.5 Å². The van der Waals surface area contributed by atoms with Gasteiger partial charge >= 0.3 is 0 Å². The van der Waals surface area contributed by atoms with Gasteiger partial charge in [0.2, 0.25) is 0 Å². The second-order valence-electron chi connectivity index (χ2n) is 6.10. The number of aryl methyl sites for hydroxylation is 2. The highest BCUT2D eigenvalue weighted by molar-refractivity contribution is 7.99. The van der Waals surface area contributed by atoms with Gasteiger partial charge < -0.3 is 10.1 Å². The van der Waals surface area contributed by atoms with E-state index in [4.69, 9.17) is 4.74 Å². The van der Waals surface area contributed by atoms with E-state index in [-0.39, 0.29) is 5.91 Å². The summed E-state index contributed by atoms with van der Waals surface area (Å²) in [5, 5.41) is 3.78. The normalized spacial score (nSPS) is 16.5. The Morgan fingerprint density at radius 1 is 1.36 bits per heavy atom. The molecule has 0 aliphatic heterocycles. The number of ether oxygens (including phenoxy) is 1. The van der Waals surface area contributed by atoms with E-state index in [1.807, 2.05) is 30.8 Å². The van der Waals surface area contributed by atoms with Gasteiger partial charge in [-0.15, -0.1) is 0 Å². The molecule has 1 saturated carbocycles. The maximum Gasteiger partial charge on any atom is 0.260 e. The van der Waals surface area contributed by atoms with Crippen molar-refractivity contribution in [2.75, 3.05) is 12.3 Å². The first kappa shape index (κ1) is 17.2. The van der Waals surface area contributed by atoms with Crippen LogP contribution < -0.4 is 10.1 Å². The molecule has 1 aromatic carbocycles. The molecule has 1 aromatic rings. The zero-order chi connectivity index (χ0) is 15.9. The van der Waals surface area contributed by atoms with Crippen LogP contribution in [0.4, 0.5) is 0 Å². The summed E-state index contributed by atoms with van der Waals surface area (Å²) in [7, 11) is 0. The Bertz CT molecular complexity index is 498. The van der Waals surface area contributed by atoms with Crippen molar-refractivity contribution in [2.45, 2.75) is 57.8 Å². The number of nitrogens with one attached hydrogen (secondary N) is 1. The van der Waals surface area contributed by atoms with Gasteiger partial charge in [0.05, 0.1) is 0 Å². The lowest BCUT2D eigenvalue weighted by molar-refractivity contribution is -0.127. The van der Waals surface area contributed by atoms with E-state index in [9.17, 15) is 4.79 Å². The highest BCUT2D eigenvalue weighted by atomic mass is 32.2. The van der Waals surface area contributed by atoms with Gasteiger partial charge in [-0.3, -0.25) is 4.79 Å². The van der Waals surface area contributed by atoms with Crippen LogP contribution in [0, 0.1) is 13.8 Å². The summed E-state index contributed by atoms with van der Waals surface area (Å²) in [4.78, 5) is 12.1. The number of rotatable bonds is 7. The third-order valence-corrected chi connectivity index (χ3v) is 5.44. The van der Waals surface area contributed by atoms with Crippen molar-refractivity contribution < 1.29 is 9.53 Å². The van der Waals surface area contributed by atoms with Gasteiger partial charge in [0.25, 0.3) is 5.91 Å². The molecule has 2 rings (SSSR count). The minimum atomic E-state index is -0.460. The average Bonchev–Trinajstić information content (AvgIpc) is 2.99. The van der Waals surface area contributed by atoms with E-state index in [1.165, 1.54) is 31.2 Å². The molecule has 0 heterocycles. The average molecular weight is 321 g/mol. The first-order valence-electron chi connectivity index (χ1n) is 8.19. The summed E-state index contributed by atoms with van der Waals surface area (Å²) >= 11 is 1.99. The summed E-state index contributed by atoms with van der Waals surface area (Å²) in [6, 6.07) is 6.01. The van der Waals surface area contributed by atoms with Gasteiger partial charge in [-0.25, -0.2) is 0 Å². The fourth-order valence-electron chi connectivity index (χ4n) is 2.77. The predicted molar refractivity (Wildman–Crippen MR) is 93.7 cm³/mol. The molecule has 1 aliphatic carbocycles. The topological polar surface area (TPSA) is 38.3 Å². The molecule has 0 unspecified atom stereocenters. The Morgan fingerprint density at radius 2 is 2.09 bits per heavy atom. The quantitative estimate of drug-likeness (QED) is 0.775. The summed E-state index contributed by atoms with van der Waals surface area (Å²) in [6.45, 7) is 6.58. The highest BCUT2D eigenvalue weighted by Gasteiger charge is 2.17. The first-order chi connectivity index (χ1) is 10.6. The van der Waals surface area contributed by atoms with Crippen molar-refractivity contribution >= 4 is 17.7 Å². The standard InChI is InChI=1S/C18H27NO2S/c1-13-8-9-17(14(2)12-13)21-15(3)18(20)19-10-11-22-16-6-4-5-7-16/h8-9,12,15-16H,4-7,10-11H2,1-3H3,(H,19,20)/t15-/m1/s1. The number of hydrogen-bond acceptors (Lipinski definition) is 3. The molecule has 1 N–H and O–H groups in total. The number of carbonyl (C=O) groups excluding carboxylic acids is 1. The Morgan fingerprint density at radius 3 is 2.77 bits per heavy atom. The van der Waals surface area contributed by atoms with Crippen molar-refractivity contribution in [3.05, 3.63) is 29.3 Å². The number of benzene rings is 1. The summed E-state index contributed by atoms with van der Waals surface area (Å²) in [6.07, 6.45) is 4.95. The van der Waals surface area contributed by atoms with Gasteiger partial charge in [0, 0.05) is 17.5 Å². The van der Waals surface area contributed by atoms with Crippen molar-refractivity contribution in [3.63, 3.8) is 0 Å². The SMILES string of the molecule is Cc1ccc(O[C@H](C)C(=O)NCCSC2CCCC2)c(C)c1. The molecule has 0 spiro atoms. The fraction of sp³-hybridized carbons (Fsp3) is 0.611. The maximum atomic E-state index is 12.1. The molecule has 0 aromatic heterocycles. The molecular formula is C18H27NO2S. The molecule has 22 heavy (non-hydrogen) atoms. The number of carbonyl (C=O) groups is 1. The van der Waals surface area contributed by atoms with E-state index in [0.717, 1.165) is 28.9 Å². The summed E-state index contributed by atoms with van der Waals surface area (Å²) in [5.74, 6) is 1.74. The Balaban J connectivity index is 1.69. The molecule has 4 heteroatoms. The number of thioether (sulfide) groups is 1. The molecule has 1 fully saturated rings. The van der Waals surface area contributed by atoms with Crippen molar-refractivity contribution in [1.82, 2.24) is 5.32 Å². The van der Waals surface area contributed by atoms with Crippen LogP contribution in [0.2, 0.25) is 0 Å². The van der Waals surface area contributed by atoms with Crippen molar-refractivity contribution in [1.29, 1.82) is 0 Å². The third kappa shape index (κ3) is 5.24. The Hall–Kier alpha value is -1.16. The molecule has 122 valence electrons. The van der Waals surface area contributed by atoms with E-state index in [1.54, 1.807) is 6.92 Å². The zero-order valence-electron chi connectivity index (χ0n) is 13.9. The van der Waals surface area contributed by atoms with E-state index in [0.29, 0.717) is 0 Å². The first-order valence-corrected chi connectivity index (χ1v) is 9.24. The number of hydrogen-bond donors (Lipinski definition) is 1. The van der Waals surface area contributed by atoms with Crippen LogP contribution in [-0.2, 0) is 4.79 Å². The smallest absolute Gasteiger partial charge is 0.260 e. The zero-order valence-corrected chi connectivity index (χ0v) is 14.7. The van der Waals surface area contributed by atoms with Crippen LogP contribution in [0.15, 0.2) is 18.2 Å². The molecule has 3 nitrogen and oxygen atoms in total. The lowest BCUT2D eigenvalue weighted by Gasteiger charge is -2.17. The van der Waals surface area contributed by atoms with Crippen LogP contribution in [-0.4, -0.2) is 29.6 Å². The van der Waals surface area contributed by atoms with E-state index in [2.05, 4.69) is 18.3 Å². The molecular weight excluding hydrogens is 294 g/mol. The fourth-order valence-corrected chi connectivity index (χ4v) is 3.99. The van der Waals surface area contributed by atoms with E-state index < -0.39 is 6.10 Å². The van der Waals surface area contributed by atoms with Crippen LogP contribution in [0.3, 0.4) is 0 Å². The highest BCUT2D eigenvalue weighted by Crippen LogP contribution is 2.28. The second kappa shape index (κ2) is 8.47. The van der Waals surface area contributed by atoms with Crippen LogP contribution in [0.25, 0.3) is 0 Å². The summed E-state index contributed by atoms with van der Waals surface area (Å²) in [5.41, 5.74) is 2.27. The lowest BCUT2D eigenvalue weighted by Crippen LogP contribution is -2.37. The minimum absolute atomic E-state index is 0.0352. The molecule has 0 saturated heterocycles. The van der Waals surface area contributed by atoms with Crippen LogP contribution >= 0.6 is 11.8 Å². The molecule has 1 aliphatic rings. The van der Waals surface area contributed by atoms with Crippen molar-refractivity contribution in [2.24, 2.45) is 0 Å². The third-order valence-electron chi connectivity index (χ3n) is 4.06. The van der Waals surface area contributed by atoms with Gasteiger partial charge in [-0.2, -0.15) is 11.8 Å². The second-order valence-corrected chi connectivity index (χ2v) is 7.51. The van der Waals surface area contributed by atoms with Gasteiger partial charge in [0.15, 0.2) is 6.10 Å². The molecule has 1 atom stereocenters. The van der Waals surface area contributed by atoms with Crippen LogP contribution in [0.5, 0.6) is 5.75 Å². The minimum Gasteiger partial charge on any atom is -0.481 e.